The van der Waals surface area contributed by atoms with Crippen LogP contribution in [-0.4, -0.2) is 50.5 Å². The summed E-state index contributed by atoms with van der Waals surface area (Å²) in [6.07, 6.45) is 2.59. The van der Waals surface area contributed by atoms with E-state index in [1.165, 1.54) is 39.9 Å². The number of sulfonamides is 2. The zero-order valence-corrected chi connectivity index (χ0v) is 22.4. The number of anilines is 1. The van der Waals surface area contributed by atoms with Crippen LogP contribution in [0.5, 0.6) is 0 Å². The summed E-state index contributed by atoms with van der Waals surface area (Å²) < 4.78 is 56.0. The zero-order valence-electron chi connectivity index (χ0n) is 19.9. The number of amides is 1. The molecule has 1 atom stereocenters. The molecule has 0 unspecified atom stereocenters. The average Bonchev–Trinajstić information content (AvgIpc) is 3.38. The highest BCUT2D eigenvalue weighted by atomic mass is 32.2. The van der Waals surface area contributed by atoms with Gasteiger partial charge < -0.3 is 5.32 Å². The number of carbonyl (C=O) groups is 1. The molecule has 3 aromatic rings. The molecule has 192 valence electrons. The number of benzene rings is 2. The molecule has 0 saturated carbocycles. The molecule has 0 radical (unpaired) electrons. The van der Waals surface area contributed by atoms with Crippen molar-refractivity contribution in [2.45, 2.75) is 48.6 Å². The maximum atomic E-state index is 13.6. The van der Waals surface area contributed by atoms with Gasteiger partial charge in [-0.3, -0.25) is 4.79 Å². The van der Waals surface area contributed by atoms with Crippen molar-refractivity contribution in [1.29, 1.82) is 0 Å². The van der Waals surface area contributed by atoms with Gasteiger partial charge >= 0.3 is 0 Å². The number of hydrogen-bond donors (Lipinski definition) is 1. The van der Waals surface area contributed by atoms with Crippen LogP contribution in [0.15, 0.2) is 81.9 Å². The molecule has 11 heteroatoms. The van der Waals surface area contributed by atoms with Crippen LogP contribution in [0.1, 0.15) is 31.1 Å². The van der Waals surface area contributed by atoms with Crippen molar-refractivity contribution >= 4 is 43.0 Å². The van der Waals surface area contributed by atoms with Gasteiger partial charge in [-0.2, -0.15) is 8.61 Å². The van der Waals surface area contributed by atoms with Crippen LogP contribution in [0.2, 0.25) is 0 Å². The summed E-state index contributed by atoms with van der Waals surface area (Å²) >= 11 is 1.39. The molecule has 4 rings (SSSR count). The van der Waals surface area contributed by atoms with Gasteiger partial charge in [0.2, 0.25) is 26.0 Å². The molecule has 1 amide bonds. The topological polar surface area (TPSA) is 104 Å². The second kappa shape index (κ2) is 11.2. The fourth-order valence-electron chi connectivity index (χ4n) is 4.18. The smallest absolute Gasteiger partial charge is 0.243 e. The maximum absolute atomic E-state index is 13.6. The lowest BCUT2D eigenvalue weighted by atomic mass is 10.1. The van der Waals surface area contributed by atoms with Crippen molar-refractivity contribution in [1.82, 2.24) is 8.61 Å². The molecule has 2 heterocycles. The first kappa shape index (κ1) is 26.5. The second-order valence-electron chi connectivity index (χ2n) is 8.70. The third kappa shape index (κ3) is 6.04. The van der Waals surface area contributed by atoms with Crippen molar-refractivity contribution in [3.63, 3.8) is 0 Å². The van der Waals surface area contributed by atoms with Crippen LogP contribution < -0.4 is 5.32 Å². The molecule has 1 saturated heterocycles. The van der Waals surface area contributed by atoms with E-state index >= 15 is 0 Å². The Morgan fingerprint density at radius 1 is 0.972 bits per heavy atom. The Labute approximate surface area is 216 Å². The van der Waals surface area contributed by atoms with Gasteiger partial charge in [0, 0.05) is 29.7 Å². The highest BCUT2D eigenvalue weighted by Crippen LogP contribution is 2.27. The van der Waals surface area contributed by atoms with E-state index < -0.39 is 26.0 Å². The highest BCUT2D eigenvalue weighted by Gasteiger charge is 2.32. The fourth-order valence-corrected chi connectivity index (χ4v) is 8.06. The number of nitrogens with zero attached hydrogens (tertiary/aromatic N) is 2. The van der Waals surface area contributed by atoms with Crippen LogP contribution in [0.4, 0.5) is 5.69 Å². The molecule has 0 bridgehead atoms. The lowest BCUT2D eigenvalue weighted by Gasteiger charge is -2.32. The minimum atomic E-state index is -4.09. The summed E-state index contributed by atoms with van der Waals surface area (Å²) in [5, 5.41) is 4.56. The monoisotopic (exact) mass is 547 g/mol. The standard InChI is InChI=1S/C25H29N3O5S3/c1-20-8-5-6-16-28(20)36(32,33)24-14-12-23(13-15-24)35(30,31)27(18-22-11-7-17-34-22)19-25(29)26-21-9-3-2-4-10-21/h2-4,7,9-15,17,20H,5-6,8,16,18-19H2,1H3,(H,26,29)/t20-/m1/s1. The minimum absolute atomic E-state index is 0.0214. The molecule has 8 nitrogen and oxygen atoms in total. The summed E-state index contributed by atoms with van der Waals surface area (Å²) in [7, 11) is -7.82. The lowest BCUT2D eigenvalue weighted by Crippen LogP contribution is -2.41. The fraction of sp³-hybridized carbons (Fsp3) is 0.320. The van der Waals surface area contributed by atoms with Crippen molar-refractivity contribution < 1.29 is 21.6 Å². The summed E-state index contributed by atoms with van der Waals surface area (Å²) in [5.41, 5.74) is 0.567. The molecular weight excluding hydrogens is 518 g/mol. The van der Waals surface area contributed by atoms with E-state index in [0.717, 1.165) is 28.4 Å². The Morgan fingerprint density at radius 2 is 1.67 bits per heavy atom. The highest BCUT2D eigenvalue weighted by molar-refractivity contribution is 7.89. The molecular formula is C25H29N3O5S3. The average molecular weight is 548 g/mol. The van der Waals surface area contributed by atoms with Gasteiger partial charge in [0.15, 0.2) is 0 Å². The quantitative estimate of drug-likeness (QED) is 0.434. The normalized spacial score (nSPS) is 17.2. The molecule has 2 aromatic carbocycles. The van der Waals surface area contributed by atoms with Crippen LogP contribution in [0.25, 0.3) is 0 Å². The van der Waals surface area contributed by atoms with E-state index in [4.69, 9.17) is 0 Å². The Bertz CT molecular complexity index is 1370. The number of hydrogen-bond acceptors (Lipinski definition) is 6. The summed E-state index contributed by atoms with van der Waals surface area (Å²) in [4.78, 5) is 13.5. The van der Waals surface area contributed by atoms with Gasteiger partial charge in [-0.1, -0.05) is 30.7 Å². The number of rotatable bonds is 9. The summed E-state index contributed by atoms with van der Waals surface area (Å²) in [6.45, 7) is 1.97. The molecule has 1 aliphatic rings. The number of nitrogens with one attached hydrogen (secondary N) is 1. The summed E-state index contributed by atoms with van der Waals surface area (Å²) in [5.74, 6) is -0.473. The first-order valence-electron chi connectivity index (χ1n) is 11.7. The van der Waals surface area contributed by atoms with E-state index in [-0.39, 0.29) is 28.9 Å². The molecule has 1 aromatic heterocycles. The van der Waals surface area contributed by atoms with Gasteiger partial charge in [-0.05, 0) is 67.6 Å². The lowest BCUT2D eigenvalue weighted by molar-refractivity contribution is -0.116. The Balaban J connectivity index is 1.57. The molecule has 36 heavy (non-hydrogen) atoms. The van der Waals surface area contributed by atoms with E-state index in [1.54, 1.807) is 30.3 Å². The largest absolute Gasteiger partial charge is 0.325 e. The Morgan fingerprint density at radius 3 is 2.31 bits per heavy atom. The molecule has 0 aliphatic carbocycles. The van der Waals surface area contributed by atoms with E-state index in [1.807, 2.05) is 24.4 Å². The zero-order chi connectivity index (χ0) is 25.8. The van der Waals surface area contributed by atoms with Gasteiger partial charge in [0.05, 0.1) is 16.3 Å². The molecule has 1 aliphatic heterocycles. The van der Waals surface area contributed by atoms with Crippen molar-refractivity contribution in [2.24, 2.45) is 0 Å². The Hall–Kier alpha value is -2.57. The predicted octanol–water partition coefficient (Wildman–Crippen LogP) is 4.14. The van der Waals surface area contributed by atoms with E-state index in [9.17, 15) is 21.6 Å². The van der Waals surface area contributed by atoms with Crippen LogP contribution in [0, 0.1) is 0 Å². The molecule has 1 N–H and O–H groups in total. The van der Waals surface area contributed by atoms with Crippen LogP contribution in [-0.2, 0) is 31.4 Å². The second-order valence-corrected chi connectivity index (χ2v) is 13.6. The van der Waals surface area contributed by atoms with Crippen molar-refractivity contribution in [2.75, 3.05) is 18.4 Å². The summed E-state index contributed by atoms with van der Waals surface area (Å²) in [6, 6.07) is 17.6. The van der Waals surface area contributed by atoms with Gasteiger partial charge in [0.1, 0.15) is 0 Å². The Kier molecular flexibility index (Phi) is 8.26. The van der Waals surface area contributed by atoms with E-state index in [0.29, 0.717) is 12.2 Å². The molecule has 0 spiro atoms. The van der Waals surface area contributed by atoms with Crippen molar-refractivity contribution in [3.05, 3.63) is 77.0 Å². The van der Waals surface area contributed by atoms with Gasteiger partial charge in [0.25, 0.3) is 0 Å². The number of para-hydroxylation sites is 1. The number of thiophene rings is 1. The van der Waals surface area contributed by atoms with E-state index in [2.05, 4.69) is 5.32 Å². The van der Waals surface area contributed by atoms with Gasteiger partial charge in [-0.15, -0.1) is 11.3 Å². The first-order chi connectivity index (χ1) is 17.2. The predicted molar refractivity (Wildman–Crippen MR) is 141 cm³/mol. The third-order valence-electron chi connectivity index (χ3n) is 6.10. The van der Waals surface area contributed by atoms with Crippen LogP contribution in [0.3, 0.4) is 0 Å². The third-order valence-corrected chi connectivity index (χ3v) is 10.8. The van der Waals surface area contributed by atoms with Crippen LogP contribution >= 0.6 is 11.3 Å². The maximum Gasteiger partial charge on any atom is 0.243 e. The van der Waals surface area contributed by atoms with Crippen molar-refractivity contribution in [3.8, 4) is 0 Å². The number of piperidine rings is 1. The SMILES string of the molecule is C[C@@H]1CCCCN1S(=O)(=O)c1ccc(S(=O)(=O)N(CC(=O)Nc2ccccc2)Cc2cccs2)cc1. The minimum Gasteiger partial charge on any atom is -0.325 e. The van der Waals surface area contributed by atoms with Gasteiger partial charge in [-0.25, -0.2) is 16.8 Å². The first-order valence-corrected chi connectivity index (χ1v) is 15.4. The number of carbonyl (C=O) groups excluding carboxylic acids is 1. The molecule has 1 fully saturated rings.